The molecule has 0 aliphatic heterocycles. The molecule has 0 atom stereocenters. The quantitative estimate of drug-likeness (QED) is 0.701. The summed E-state index contributed by atoms with van der Waals surface area (Å²) >= 11 is 0. The van der Waals surface area contributed by atoms with Gasteiger partial charge in [-0.2, -0.15) is 4.98 Å². The zero-order valence-corrected chi connectivity index (χ0v) is 13.1. The SMILES string of the molecule is Nc1nc2cc(CCCc3cncc(S(N)(=O)=O)c3)ccn2n1. The molecule has 9 heteroatoms. The minimum absolute atomic E-state index is 0.0374. The van der Waals surface area contributed by atoms with Gasteiger partial charge in [-0.05, 0) is 48.6 Å². The lowest BCUT2D eigenvalue weighted by Crippen LogP contribution is -2.12. The molecule has 3 aromatic heterocycles. The van der Waals surface area contributed by atoms with Crippen LogP contribution in [0, 0.1) is 0 Å². The van der Waals surface area contributed by atoms with Gasteiger partial charge >= 0.3 is 0 Å². The third-order valence-electron chi connectivity index (χ3n) is 3.45. The van der Waals surface area contributed by atoms with Crippen molar-refractivity contribution in [3.8, 4) is 0 Å². The summed E-state index contributed by atoms with van der Waals surface area (Å²) < 4.78 is 24.3. The molecule has 0 radical (unpaired) electrons. The number of nitrogen functional groups attached to an aromatic ring is 1. The second-order valence-corrected chi connectivity index (χ2v) is 6.80. The largest absolute Gasteiger partial charge is 0.366 e. The number of hydrogen-bond donors (Lipinski definition) is 2. The lowest BCUT2D eigenvalue weighted by Gasteiger charge is -2.04. The summed E-state index contributed by atoms with van der Waals surface area (Å²) in [4.78, 5) is 8.08. The van der Waals surface area contributed by atoms with Crippen molar-refractivity contribution in [2.24, 2.45) is 5.14 Å². The number of hydrogen-bond acceptors (Lipinski definition) is 6. The van der Waals surface area contributed by atoms with Crippen LogP contribution in [0.5, 0.6) is 0 Å². The van der Waals surface area contributed by atoms with E-state index in [4.69, 9.17) is 10.9 Å². The molecule has 0 aliphatic rings. The van der Waals surface area contributed by atoms with E-state index in [-0.39, 0.29) is 10.8 Å². The number of sulfonamides is 1. The molecule has 0 aromatic carbocycles. The Morgan fingerprint density at radius 1 is 1.13 bits per heavy atom. The predicted molar refractivity (Wildman–Crippen MR) is 85.0 cm³/mol. The first-order valence-corrected chi connectivity index (χ1v) is 8.54. The van der Waals surface area contributed by atoms with E-state index in [1.807, 2.05) is 18.3 Å². The standard InChI is InChI=1S/C14H16N6O2S/c15-14-18-13-7-10(4-5-20(13)19-14)2-1-3-11-6-12(9-17-8-11)23(16,21)22/h4-9H,1-3H2,(H2,15,19)(H2,16,21,22). The summed E-state index contributed by atoms with van der Waals surface area (Å²) in [7, 11) is -3.72. The highest BCUT2D eigenvalue weighted by Crippen LogP contribution is 2.13. The maximum absolute atomic E-state index is 11.3. The Bertz CT molecular complexity index is 951. The second-order valence-electron chi connectivity index (χ2n) is 5.24. The summed E-state index contributed by atoms with van der Waals surface area (Å²) in [5, 5.41) is 9.13. The number of primary sulfonamides is 1. The smallest absolute Gasteiger partial charge is 0.240 e. The minimum Gasteiger partial charge on any atom is -0.366 e. The van der Waals surface area contributed by atoms with Crippen molar-refractivity contribution < 1.29 is 8.42 Å². The molecule has 8 nitrogen and oxygen atoms in total. The van der Waals surface area contributed by atoms with Crippen LogP contribution in [0.15, 0.2) is 41.7 Å². The van der Waals surface area contributed by atoms with Crippen LogP contribution in [-0.2, 0) is 22.9 Å². The Morgan fingerprint density at radius 2 is 1.91 bits per heavy atom. The summed E-state index contributed by atoms with van der Waals surface area (Å²) in [6, 6.07) is 5.45. The fourth-order valence-corrected chi connectivity index (χ4v) is 2.87. The Balaban J connectivity index is 1.66. The van der Waals surface area contributed by atoms with Crippen LogP contribution in [0.2, 0.25) is 0 Å². The highest BCUT2D eigenvalue weighted by atomic mass is 32.2. The number of nitrogens with two attached hydrogens (primary N) is 2. The van der Waals surface area contributed by atoms with Crippen LogP contribution in [-0.4, -0.2) is 28.0 Å². The molecule has 3 rings (SSSR count). The van der Waals surface area contributed by atoms with Crippen molar-refractivity contribution in [1.29, 1.82) is 0 Å². The van der Waals surface area contributed by atoms with Gasteiger partial charge in [-0.1, -0.05) is 0 Å². The number of aromatic nitrogens is 4. The molecule has 0 bridgehead atoms. The summed E-state index contributed by atoms with van der Waals surface area (Å²) in [5.74, 6) is 0.244. The van der Waals surface area contributed by atoms with Crippen molar-refractivity contribution >= 4 is 21.6 Å². The molecule has 0 unspecified atom stereocenters. The number of anilines is 1. The van der Waals surface area contributed by atoms with Crippen molar-refractivity contribution in [3.63, 3.8) is 0 Å². The van der Waals surface area contributed by atoms with Crippen LogP contribution < -0.4 is 10.9 Å². The Kier molecular flexibility index (Phi) is 3.97. The first-order valence-electron chi connectivity index (χ1n) is 6.99. The third-order valence-corrected chi connectivity index (χ3v) is 4.33. The molecule has 3 heterocycles. The molecule has 0 saturated carbocycles. The van der Waals surface area contributed by atoms with Gasteiger partial charge in [0.1, 0.15) is 4.90 Å². The summed E-state index contributed by atoms with van der Waals surface area (Å²) in [5.41, 5.74) is 8.21. The maximum atomic E-state index is 11.3. The van der Waals surface area contributed by atoms with Crippen LogP contribution >= 0.6 is 0 Å². The Hall–Kier alpha value is -2.52. The van der Waals surface area contributed by atoms with E-state index in [0.29, 0.717) is 12.1 Å². The third kappa shape index (κ3) is 3.63. The molecule has 0 aliphatic carbocycles. The van der Waals surface area contributed by atoms with Crippen LogP contribution in [0.3, 0.4) is 0 Å². The molecule has 23 heavy (non-hydrogen) atoms. The van der Waals surface area contributed by atoms with E-state index >= 15 is 0 Å². The van der Waals surface area contributed by atoms with Gasteiger partial charge < -0.3 is 5.73 Å². The minimum atomic E-state index is -3.72. The molecule has 0 spiro atoms. The van der Waals surface area contributed by atoms with Crippen LogP contribution in [0.25, 0.3) is 5.65 Å². The predicted octanol–water partition coefficient (Wildman–Crippen LogP) is 0.529. The molecule has 0 saturated heterocycles. The van der Waals surface area contributed by atoms with Gasteiger partial charge in [-0.15, -0.1) is 5.10 Å². The molecule has 0 amide bonds. The van der Waals surface area contributed by atoms with Gasteiger partial charge in [-0.3, -0.25) is 4.98 Å². The molecular weight excluding hydrogens is 316 g/mol. The van der Waals surface area contributed by atoms with Gasteiger partial charge in [0, 0.05) is 18.6 Å². The van der Waals surface area contributed by atoms with Gasteiger partial charge in [0.25, 0.3) is 0 Å². The van der Waals surface area contributed by atoms with Crippen molar-refractivity contribution in [3.05, 3.63) is 47.9 Å². The molecule has 4 N–H and O–H groups in total. The van der Waals surface area contributed by atoms with E-state index in [2.05, 4.69) is 15.1 Å². The first-order chi connectivity index (χ1) is 10.9. The lowest BCUT2D eigenvalue weighted by molar-refractivity contribution is 0.597. The normalized spacial score (nSPS) is 11.9. The number of nitrogens with zero attached hydrogens (tertiary/aromatic N) is 4. The van der Waals surface area contributed by atoms with Gasteiger partial charge in [0.15, 0.2) is 5.65 Å². The van der Waals surface area contributed by atoms with Gasteiger partial charge in [0.05, 0.1) is 0 Å². The highest BCUT2D eigenvalue weighted by molar-refractivity contribution is 7.89. The highest BCUT2D eigenvalue weighted by Gasteiger charge is 2.09. The monoisotopic (exact) mass is 332 g/mol. The van der Waals surface area contributed by atoms with E-state index in [1.54, 1.807) is 16.8 Å². The van der Waals surface area contributed by atoms with Crippen LogP contribution in [0.1, 0.15) is 17.5 Å². The number of aryl methyl sites for hydroxylation is 2. The van der Waals surface area contributed by atoms with E-state index in [9.17, 15) is 8.42 Å². The van der Waals surface area contributed by atoms with Crippen LogP contribution in [0.4, 0.5) is 5.95 Å². The lowest BCUT2D eigenvalue weighted by atomic mass is 10.1. The average molecular weight is 332 g/mol. The molecule has 3 aromatic rings. The number of fused-ring (bicyclic) bond motifs is 1. The van der Waals surface area contributed by atoms with E-state index in [1.165, 1.54) is 6.20 Å². The zero-order valence-electron chi connectivity index (χ0n) is 12.3. The zero-order chi connectivity index (χ0) is 16.4. The Morgan fingerprint density at radius 3 is 2.70 bits per heavy atom. The van der Waals surface area contributed by atoms with Gasteiger partial charge in [0.2, 0.25) is 16.0 Å². The number of rotatable bonds is 5. The van der Waals surface area contributed by atoms with Crippen molar-refractivity contribution in [2.75, 3.05) is 5.73 Å². The fourth-order valence-electron chi connectivity index (χ4n) is 2.35. The fraction of sp³-hybridized carbons (Fsp3) is 0.214. The van der Waals surface area contributed by atoms with E-state index < -0.39 is 10.0 Å². The molecule has 0 fully saturated rings. The maximum Gasteiger partial charge on any atom is 0.240 e. The van der Waals surface area contributed by atoms with Crippen molar-refractivity contribution in [1.82, 2.24) is 19.6 Å². The number of pyridine rings is 2. The Labute approximate surface area is 133 Å². The summed E-state index contributed by atoms with van der Waals surface area (Å²) in [6.07, 6.45) is 7.09. The van der Waals surface area contributed by atoms with Crippen molar-refractivity contribution in [2.45, 2.75) is 24.2 Å². The summed E-state index contributed by atoms with van der Waals surface area (Å²) in [6.45, 7) is 0. The molecular formula is C14H16N6O2S. The van der Waals surface area contributed by atoms with E-state index in [0.717, 1.165) is 24.0 Å². The topological polar surface area (TPSA) is 129 Å². The second kappa shape index (κ2) is 5.94. The molecule has 120 valence electrons. The average Bonchev–Trinajstić information content (AvgIpc) is 2.86. The van der Waals surface area contributed by atoms with Gasteiger partial charge in [-0.25, -0.2) is 18.1 Å². The first kappa shape index (κ1) is 15.4.